The summed E-state index contributed by atoms with van der Waals surface area (Å²) in [6.07, 6.45) is 0.223. The molecule has 2 aromatic carbocycles. The molecule has 0 spiro atoms. The van der Waals surface area contributed by atoms with E-state index >= 15 is 0 Å². The van der Waals surface area contributed by atoms with Gasteiger partial charge in [-0.1, -0.05) is 48.0 Å². The number of carbonyl (C=O) groups excluding carboxylic acids is 1. The maximum atomic E-state index is 13.5. The highest BCUT2D eigenvalue weighted by molar-refractivity contribution is 5.79. The van der Waals surface area contributed by atoms with Crippen molar-refractivity contribution in [3.63, 3.8) is 0 Å². The molecule has 0 heterocycles. The fourth-order valence-electron chi connectivity index (χ4n) is 2.48. The van der Waals surface area contributed by atoms with Gasteiger partial charge in [0.15, 0.2) is 0 Å². The number of nitrogens with one attached hydrogen (secondary N) is 1. The molecule has 0 aliphatic heterocycles. The number of carboxylic acid groups (broad SMARTS) is 1. The summed E-state index contributed by atoms with van der Waals surface area (Å²) in [6.45, 7) is 1.95. The summed E-state index contributed by atoms with van der Waals surface area (Å²) in [5.74, 6) is -2.53. The smallest absolute Gasteiger partial charge is 0.308 e. The van der Waals surface area contributed by atoms with Crippen molar-refractivity contribution < 1.29 is 19.1 Å². The summed E-state index contributed by atoms with van der Waals surface area (Å²) >= 11 is 0. The molecular formula is C19H20FNO3. The summed E-state index contributed by atoms with van der Waals surface area (Å²) in [6, 6.07) is 13.6. The van der Waals surface area contributed by atoms with E-state index in [-0.39, 0.29) is 13.0 Å². The standard InChI is InChI=1S/C19H20FNO3/c1-13-5-4-6-14(9-13)10-16(19(23)24)12-21-18(22)11-15-7-2-3-8-17(15)20/h2-9,16H,10-12H2,1H3,(H,21,22)(H,23,24). The number of hydrogen-bond donors (Lipinski definition) is 2. The number of halogens is 1. The predicted octanol–water partition coefficient (Wildman–Crippen LogP) is 2.74. The van der Waals surface area contributed by atoms with Gasteiger partial charge in [0.05, 0.1) is 12.3 Å². The molecular weight excluding hydrogens is 309 g/mol. The van der Waals surface area contributed by atoms with Crippen LogP contribution in [0, 0.1) is 18.7 Å². The highest BCUT2D eigenvalue weighted by atomic mass is 19.1. The van der Waals surface area contributed by atoms with E-state index in [1.54, 1.807) is 12.1 Å². The van der Waals surface area contributed by atoms with Gasteiger partial charge in [0, 0.05) is 6.54 Å². The van der Waals surface area contributed by atoms with Crippen molar-refractivity contribution in [2.75, 3.05) is 6.54 Å². The van der Waals surface area contributed by atoms with Gasteiger partial charge in [0.25, 0.3) is 0 Å². The monoisotopic (exact) mass is 329 g/mol. The first-order valence-corrected chi connectivity index (χ1v) is 7.74. The van der Waals surface area contributed by atoms with Crippen LogP contribution >= 0.6 is 0 Å². The van der Waals surface area contributed by atoms with Crippen LogP contribution in [-0.2, 0) is 22.4 Å². The Kier molecular flexibility index (Phi) is 6.07. The maximum Gasteiger partial charge on any atom is 0.308 e. The van der Waals surface area contributed by atoms with Crippen molar-refractivity contribution in [1.82, 2.24) is 5.32 Å². The van der Waals surface area contributed by atoms with E-state index in [1.165, 1.54) is 12.1 Å². The summed E-state index contributed by atoms with van der Waals surface area (Å²) in [7, 11) is 0. The Morgan fingerprint density at radius 3 is 2.58 bits per heavy atom. The third-order valence-electron chi connectivity index (χ3n) is 3.77. The Balaban J connectivity index is 1.92. The Bertz CT molecular complexity index is 730. The van der Waals surface area contributed by atoms with Crippen LogP contribution in [0.4, 0.5) is 4.39 Å². The molecule has 24 heavy (non-hydrogen) atoms. The van der Waals surface area contributed by atoms with E-state index in [2.05, 4.69) is 5.32 Å². The van der Waals surface area contributed by atoms with Crippen molar-refractivity contribution in [2.45, 2.75) is 19.8 Å². The fraction of sp³-hybridized carbons (Fsp3) is 0.263. The van der Waals surface area contributed by atoms with Crippen LogP contribution in [0.2, 0.25) is 0 Å². The van der Waals surface area contributed by atoms with Gasteiger partial charge in [-0.2, -0.15) is 0 Å². The van der Waals surface area contributed by atoms with Crippen LogP contribution in [0.15, 0.2) is 48.5 Å². The predicted molar refractivity (Wildman–Crippen MR) is 89.1 cm³/mol. The van der Waals surface area contributed by atoms with Gasteiger partial charge in [-0.15, -0.1) is 0 Å². The molecule has 4 nitrogen and oxygen atoms in total. The third kappa shape index (κ3) is 5.19. The number of amides is 1. The van der Waals surface area contributed by atoms with Gasteiger partial charge >= 0.3 is 5.97 Å². The van der Waals surface area contributed by atoms with Crippen molar-refractivity contribution >= 4 is 11.9 Å². The first kappa shape index (κ1) is 17.7. The van der Waals surface area contributed by atoms with Gasteiger partial charge in [-0.25, -0.2) is 4.39 Å². The number of carbonyl (C=O) groups is 2. The molecule has 0 bridgehead atoms. The number of carboxylic acids is 1. The molecule has 1 unspecified atom stereocenters. The number of benzene rings is 2. The summed E-state index contributed by atoms with van der Waals surface area (Å²) in [4.78, 5) is 23.3. The van der Waals surface area contributed by atoms with E-state index in [0.29, 0.717) is 12.0 Å². The van der Waals surface area contributed by atoms with Crippen LogP contribution in [0.1, 0.15) is 16.7 Å². The largest absolute Gasteiger partial charge is 0.481 e. The SMILES string of the molecule is Cc1cccc(CC(CNC(=O)Cc2ccccc2F)C(=O)O)c1. The first-order valence-electron chi connectivity index (χ1n) is 7.74. The van der Waals surface area contributed by atoms with Crippen molar-refractivity contribution in [3.05, 3.63) is 71.0 Å². The minimum absolute atomic E-state index is 0.0105. The molecule has 5 heteroatoms. The second-order valence-electron chi connectivity index (χ2n) is 5.80. The van der Waals surface area contributed by atoms with Gasteiger partial charge in [0.2, 0.25) is 5.91 Å². The lowest BCUT2D eigenvalue weighted by molar-refractivity contribution is -0.141. The normalized spacial score (nSPS) is 11.8. The first-order chi connectivity index (χ1) is 11.5. The van der Waals surface area contributed by atoms with Gasteiger partial charge < -0.3 is 10.4 Å². The Morgan fingerprint density at radius 2 is 1.92 bits per heavy atom. The van der Waals surface area contributed by atoms with E-state index in [1.807, 2.05) is 31.2 Å². The molecule has 0 saturated carbocycles. The van der Waals surface area contributed by atoms with Gasteiger partial charge in [0.1, 0.15) is 5.82 Å². The molecule has 2 rings (SSSR count). The minimum Gasteiger partial charge on any atom is -0.481 e. The molecule has 2 aromatic rings. The van der Waals surface area contributed by atoms with E-state index in [0.717, 1.165) is 11.1 Å². The molecule has 0 radical (unpaired) electrons. The lowest BCUT2D eigenvalue weighted by Gasteiger charge is -2.14. The average Bonchev–Trinajstić information content (AvgIpc) is 2.53. The Hall–Kier alpha value is -2.69. The molecule has 0 aliphatic rings. The zero-order chi connectivity index (χ0) is 17.5. The van der Waals surface area contributed by atoms with E-state index in [4.69, 9.17) is 0 Å². The van der Waals surface area contributed by atoms with Gasteiger partial charge in [-0.3, -0.25) is 9.59 Å². The van der Waals surface area contributed by atoms with E-state index < -0.39 is 23.6 Å². The molecule has 1 atom stereocenters. The zero-order valence-corrected chi connectivity index (χ0v) is 13.5. The Morgan fingerprint density at radius 1 is 1.17 bits per heavy atom. The maximum absolute atomic E-state index is 13.5. The van der Waals surface area contributed by atoms with Crippen LogP contribution in [0.25, 0.3) is 0 Å². The number of hydrogen-bond acceptors (Lipinski definition) is 2. The molecule has 0 fully saturated rings. The van der Waals surface area contributed by atoms with Crippen LogP contribution < -0.4 is 5.32 Å². The summed E-state index contributed by atoms with van der Waals surface area (Å²) in [5, 5.41) is 11.9. The minimum atomic E-state index is -0.970. The molecule has 2 N–H and O–H groups in total. The van der Waals surface area contributed by atoms with E-state index in [9.17, 15) is 19.1 Å². The summed E-state index contributed by atoms with van der Waals surface area (Å²) < 4.78 is 13.5. The molecule has 0 aliphatic carbocycles. The van der Waals surface area contributed by atoms with Crippen molar-refractivity contribution in [3.8, 4) is 0 Å². The van der Waals surface area contributed by atoms with Crippen molar-refractivity contribution in [1.29, 1.82) is 0 Å². The quantitative estimate of drug-likeness (QED) is 0.821. The lowest BCUT2D eigenvalue weighted by Crippen LogP contribution is -2.35. The zero-order valence-electron chi connectivity index (χ0n) is 13.5. The number of rotatable bonds is 7. The second-order valence-corrected chi connectivity index (χ2v) is 5.80. The second kappa shape index (κ2) is 8.24. The fourth-order valence-corrected chi connectivity index (χ4v) is 2.48. The lowest BCUT2D eigenvalue weighted by atomic mass is 9.98. The topological polar surface area (TPSA) is 66.4 Å². The average molecular weight is 329 g/mol. The van der Waals surface area contributed by atoms with Crippen molar-refractivity contribution in [2.24, 2.45) is 5.92 Å². The number of aliphatic carboxylic acids is 1. The highest BCUT2D eigenvalue weighted by Crippen LogP contribution is 2.11. The summed E-state index contributed by atoms with van der Waals surface area (Å²) in [5.41, 5.74) is 2.26. The van der Waals surface area contributed by atoms with Gasteiger partial charge in [-0.05, 0) is 30.5 Å². The molecule has 1 amide bonds. The molecule has 126 valence electrons. The number of aryl methyl sites for hydroxylation is 1. The highest BCUT2D eigenvalue weighted by Gasteiger charge is 2.19. The van der Waals surface area contributed by atoms with Crippen LogP contribution in [0.3, 0.4) is 0 Å². The molecule has 0 saturated heterocycles. The third-order valence-corrected chi connectivity index (χ3v) is 3.77. The van der Waals surface area contributed by atoms with Crippen LogP contribution in [-0.4, -0.2) is 23.5 Å². The van der Waals surface area contributed by atoms with Crippen LogP contribution in [0.5, 0.6) is 0 Å². The Labute approximate surface area is 140 Å². The molecule has 0 aromatic heterocycles.